The highest BCUT2D eigenvalue weighted by molar-refractivity contribution is 9.11. The van der Waals surface area contributed by atoms with Crippen molar-refractivity contribution in [1.29, 1.82) is 0 Å². The number of amides is 1. The lowest BCUT2D eigenvalue weighted by atomic mass is 10.0. The van der Waals surface area contributed by atoms with E-state index in [2.05, 4.69) is 34.2 Å². The lowest BCUT2D eigenvalue weighted by Gasteiger charge is -2.21. The molecule has 1 aromatic rings. The van der Waals surface area contributed by atoms with Gasteiger partial charge in [-0.25, -0.2) is 0 Å². The summed E-state index contributed by atoms with van der Waals surface area (Å²) in [7, 11) is 0. The minimum absolute atomic E-state index is 0.291. The summed E-state index contributed by atoms with van der Waals surface area (Å²) in [6.45, 7) is 5.78. The Morgan fingerprint density at radius 2 is 2.42 bits per heavy atom. The predicted molar refractivity (Wildman–Crippen MR) is 83.3 cm³/mol. The maximum absolute atomic E-state index is 12.2. The molecule has 1 unspecified atom stereocenters. The van der Waals surface area contributed by atoms with Gasteiger partial charge in [-0.05, 0) is 66.8 Å². The van der Waals surface area contributed by atoms with Gasteiger partial charge in [-0.15, -0.1) is 11.3 Å². The number of hydrogen-bond acceptors (Lipinski definition) is 3. The predicted octanol–water partition coefficient (Wildman–Crippen LogP) is 3.25. The van der Waals surface area contributed by atoms with Crippen molar-refractivity contribution < 1.29 is 4.79 Å². The SMILES string of the molecule is CCN(Cc1ccc(Br)s1)C(=O)CCC1CCNC1. The van der Waals surface area contributed by atoms with Crippen LogP contribution >= 0.6 is 27.3 Å². The van der Waals surface area contributed by atoms with Gasteiger partial charge in [-0.1, -0.05) is 0 Å². The first kappa shape index (κ1) is 15.0. The summed E-state index contributed by atoms with van der Waals surface area (Å²) in [5, 5.41) is 3.35. The summed E-state index contributed by atoms with van der Waals surface area (Å²) in [6, 6.07) is 4.13. The molecule has 1 aromatic heterocycles. The van der Waals surface area contributed by atoms with Crippen molar-refractivity contribution in [2.75, 3.05) is 19.6 Å². The number of hydrogen-bond donors (Lipinski definition) is 1. The van der Waals surface area contributed by atoms with Crippen LogP contribution in [0.2, 0.25) is 0 Å². The smallest absolute Gasteiger partial charge is 0.222 e. The van der Waals surface area contributed by atoms with E-state index in [9.17, 15) is 4.79 Å². The molecule has 106 valence electrons. The van der Waals surface area contributed by atoms with E-state index in [0.29, 0.717) is 18.2 Å². The second-order valence-electron chi connectivity index (χ2n) is 5.01. The van der Waals surface area contributed by atoms with Crippen LogP contribution in [0.1, 0.15) is 31.1 Å². The zero-order valence-corrected chi connectivity index (χ0v) is 13.7. The summed E-state index contributed by atoms with van der Waals surface area (Å²) >= 11 is 5.17. The zero-order chi connectivity index (χ0) is 13.7. The summed E-state index contributed by atoms with van der Waals surface area (Å²) in [5.74, 6) is 0.984. The van der Waals surface area contributed by atoms with E-state index >= 15 is 0 Å². The van der Waals surface area contributed by atoms with Crippen molar-refractivity contribution in [1.82, 2.24) is 10.2 Å². The molecular weight excluding hydrogens is 324 g/mol. The summed E-state index contributed by atoms with van der Waals surface area (Å²) < 4.78 is 1.13. The minimum atomic E-state index is 0.291. The molecule has 0 radical (unpaired) electrons. The van der Waals surface area contributed by atoms with Crippen LogP contribution in [0.15, 0.2) is 15.9 Å². The van der Waals surface area contributed by atoms with Gasteiger partial charge < -0.3 is 10.2 Å². The van der Waals surface area contributed by atoms with Gasteiger partial charge in [0.05, 0.1) is 10.3 Å². The molecular formula is C14H21BrN2OS. The fourth-order valence-electron chi connectivity index (χ4n) is 2.45. The van der Waals surface area contributed by atoms with E-state index in [1.165, 1.54) is 11.3 Å². The van der Waals surface area contributed by atoms with Crippen molar-refractivity contribution in [3.63, 3.8) is 0 Å². The molecule has 0 spiro atoms. The third-order valence-electron chi connectivity index (χ3n) is 3.64. The molecule has 2 rings (SSSR count). The maximum atomic E-state index is 12.2. The highest BCUT2D eigenvalue weighted by atomic mass is 79.9. The Morgan fingerprint density at radius 1 is 1.58 bits per heavy atom. The highest BCUT2D eigenvalue weighted by Gasteiger charge is 2.18. The Morgan fingerprint density at radius 3 is 3.00 bits per heavy atom. The van der Waals surface area contributed by atoms with E-state index in [4.69, 9.17) is 0 Å². The molecule has 1 fully saturated rings. The number of carbonyl (C=O) groups is 1. The van der Waals surface area contributed by atoms with Crippen LogP contribution in [0.25, 0.3) is 0 Å². The van der Waals surface area contributed by atoms with Gasteiger partial charge in [0.1, 0.15) is 0 Å². The van der Waals surface area contributed by atoms with Crippen molar-refractivity contribution in [3.8, 4) is 0 Å². The molecule has 1 N–H and O–H groups in total. The molecule has 1 aliphatic rings. The second kappa shape index (κ2) is 7.41. The standard InChI is InChI=1S/C14H21BrN2OS/c1-2-17(10-12-4-5-13(15)19-12)14(18)6-3-11-7-8-16-9-11/h4-5,11,16H,2-3,6-10H2,1H3. The van der Waals surface area contributed by atoms with Crippen molar-refractivity contribution in [2.45, 2.75) is 32.7 Å². The minimum Gasteiger partial charge on any atom is -0.338 e. The summed E-state index contributed by atoms with van der Waals surface area (Å²) in [4.78, 5) is 15.4. The number of halogens is 1. The maximum Gasteiger partial charge on any atom is 0.222 e. The number of nitrogens with one attached hydrogen (secondary N) is 1. The molecule has 0 bridgehead atoms. The van der Waals surface area contributed by atoms with Gasteiger partial charge in [0.25, 0.3) is 0 Å². The van der Waals surface area contributed by atoms with Gasteiger partial charge in [0.2, 0.25) is 5.91 Å². The first-order valence-corrected chi connectivity index (χ1v) is 8.52. The third kappa shape index (κ3) is 4.58. The first-order chi connectivity index (χ1) is 9.19. The van der Waals surface area contributed by atoms with Gasteiger partial charge in [-0.3, -0.25) is 4.79 Å². The monoisotopic (exact) mass is 344 g/mol. The average Bonchev–Trinajstić information content (AvgIpc) is 3.04. The number of rotatable bonds is 6. The van der Waals surface area contributed by atoms with Crippen LogP contribution in [0.3, 0.4) is 0 Å². The number of thiophene rings is 1. The van der Waals surface area contributed by atoms with Gasteiger partial charge in [-0.2, -0.15) is 0 Å². The zero-order valence-electron chi connectivity index (χ0n) is 11.3. The lowest BCUT2D eigenvalue weighted by molar-refractivity contribution is -0.131. The molecule has 1 aliphatic heterocycles. The largest absolute Gasteiger partial charge is 0.338 e. The second-order valence-corrected chi connectivity index (χ2v) is 7.56. The average molecular weight is 345 g/mol. The van der Waals surface area contributed by atoms with Crippen molar-refractivity contribution in [3.05, 3.63) is 20.8 Å². The molecule has 19 heavy (non-hydrogen) atoms. The molecule has 3 nitrogen and oxygen atoms in total. The van der Waals surface area contributed by atoms with Crippen LogP contribution in [0.5, 0.6) is 0 Å². The number of nitrogens with zero attached hydrogens (tertiary/aromatic N) is 1. The molecule has 0 saturated carbocycles. The van der Waals surface area contributed by atoms with Gasteiger partial charge in [0, 0.05) is 17.8 Å². The van der Waals surface area contributed by atoms with E-state index in [1.54, 1.807) is 11.3 Å². The van der Waals surface area contributed by atoms with E-state index < -0.39 is 0 Å². The van der Waals surface area contributed by atoms with Crippen LogP contribution in [0.4, 0.5) is 0 Å². The Balaban J connectivity index is 1.80. The first-order valence-electron chi connectivity index (χ1n) is 6.91. The fraction of sp³-hybridized carbons (Fsp3) is 0.643. The Labute approximate surface area is 127 Å². The Hall–Kier alpha value is -0.390. The Bertz CT molecular complexity index is 415. The van der Waals surface area contributed by atoms with Gasteiger partial charge >= 0.3 is 0 Å². The quantitative estimate of drug-likeness (QED) is 0.858. The highest BCUT2D eigenvalue weighted by Crippen LogP contribution is 2.24. The molecule has 1 amide bonds. The van der Waals surface area contributed by atoms with E-state index in [1.807, 2.05) is 11.0 Å². The van der Waals surface area contributed by atoms with Crippen LogP contribution in [-0.4, -0.2) is 30.4 Å². The number of carbonyl (C=O) groups excluding carboxylic acids is 1. The molecule has 2 heterocycles. The van der Waals surface area contributed by atoms with Crippen LogP contribution < -0.4 is 5.32 Å². The normalized spacial score (nSPS) is 18.7. The van der Waals surface area contributed by atoms with Gasteiger partial charge in [0.15, 0.2) is 0 Å². The fourth-order valence-corrected chi connectivity index (χ4v) is 3.95. The molecule has 5 heteroatoms. The molecule has 1 atom stereocenters. The van der Waals surface area contributed by atoms with Crippen molar-refractivity contribution >= 4 is 33.2 Å². The Kier molecular flexibility index (Phi) is 5.85. The summed E-state index contributed by atoms with van der Waals surface area (Å²) in [6.07, 6.45) is 2.93. The lowest BCUT2D eigenvalue weighted by Crippen LogP contribution is -2.30. The van der Waals surface area contributed by atoms with E-state index in [-0.39, 0.29) is 0 Å². The summed E-state index contributed by atoms with van der Waals surface area (Å²) in [5.41, 5.74) is 0. The van der Waals surface area contributed by atoms with E-state index in [0.717, 1.165) is 36.4 Å². The van der Waals surface area contributed by atoms with Crippen LogP contribution in [0, 0.1) is 5.92 Å². The van der Waals surface area contributed by atoms with Crippen LogP contribution in [-0.2, 0) is 11.3 Å². The van der Waals surface area contributed by atoms with Crippen molar-refractivity contribution in [2.24, 2.45) is 5.92 Å². The molecule has 0 aliphatic carbocycles. The molecule has 0 aromatic carbocycles. The third-order valence-corrected chi connectivity index (χ3v) is 5.25. The molecule has 1 saturated heterocycles. The topological polar surface area (TPSA) is 32.3 Å².